The van der Waals surface area contributed by atoms with Crippen LogP contribution in [0.2, 0.25) is 0 Å². The van der Waals surface area contributed by atoms with Crippen molar-refractivity contribution in [2.24, 2.45) is 17.3 Å². The van der Waals surface area contributed by atoms with Crippen LogP contribution < -0.4 is 0 Å². The molecule has 3 rings (SSSR count). The molecule has 2 aliphatic rings. The minimum absolute atomic E-state index is 0.000466. The molecule has 0 amide bonds. The van der Waals surface area contributed by atoms with Crippen LogP contribution in [-0.4, -0.2) is 17.2 Å². The predicted octanol–water partition coefficient (Wildman–Crippen LogP) is 4.11. The molecule has 2 aliphatic carbocycles. The fourth-order valence-corrected chi connectivity index (χ4v) is 4.53. The number of hydrogen-bond donors (Lipinski definition) is 1. The van der Waals surface area contributed by atoms with Crippen molar-refractivity contribution in [2.75, 3.05) is 0 Å². The Hall–Kier alpha value is -1.55. The Kier molecular flexibility index (Phi) is 4.37. The molecule has 24 heavy (non-hydrogen) atoms. The van der Waals surface area contributed by atoms with Crippen LogP contribution in [0.4, 0.5) is 0 Å². The molecule has 5 atom stereocenters. The van der Waals surface area contributed by atoms with E-state index in [0.29, 0.717) is 18.1 Å². The third-order valence-electron chi connectivity index (χ3n) is 6.14. The Labute approximate surface area is 143 Å². The largest absolute Gasteiger partial charge is 0.466 e. The minimum atomic E-state index is -0.625. The fraction of sp³-hybridized carbons (Fsp3) is 0.650. The predicted molar refractivity (Wildman–Crippen MR) is 91.4 cm³/mol. The maximum Gasteiger partial charge on any atom is 0.330 e. The summed E-state index contributed by atoms with van der Waals surface area (Å²) in [5.41, 5.74) is 3.21. The fourth-order valence-electron chi connectivity index (χ4n) is 4.53. The van der Waals surface area contributed by atoms with Gasteiger partial charge < -0.3 is 14.3 Å². The molecular formula is C20H28O4. The van der Waals surface area contributed by atoms with E-state index in [0.717, 1.165) is 29.5 Å². The number of ether oxygens (including phenoxy) is 1. The van der Waals surface area contributed by atoms with Crippen LogP contribution in [0.5, 0.6) is 0 Å². The van der Waals surface area contributed by atoms with Crippen LogP contribution in [0.25, 0.3) is 0 Å². The molecule has 0 bridgehead atoms. The molecule has 0 saturated heterocycles. The lowest BCUT2D eigenvalue weighted by Gasteiger charge is -2.52. The Balaban J connectivity index is 1.84. The van der Waals surface area contributed by atoms with Gasteiger partial charge in [-0.2, -0.15) is 0 Å². The molecule has 0 aromatic carbocycles. The molecule has 1 aromatic rings. The van der Waals surface area contributed by atoms with E-state index in [1.807, 2.05) is 20.8 Å². The zero-order chi connectivity index (χ0) is 17.6. The van der Waals surface area contributed by atoms with Crippen molar-refractivity contribution in [1.82, 2.24) is 0 Å². The molecule has 1 N–H and O–H groups in total. The quantitative estimate of drug-likeness (QED) is 0.654. The van der Waals surface area contributed by atoms with Gasteiger partial charge in [-0.3, -0.25) is 0 Å². The minimum Gasteiger partial charge on any atom is -0.466 e. The molecule has 4 nitrogen and oxygen atoms in total. The van der Waals surface area contributed by atoms with E-state index in [1.54, 1.807) is 6.26 Å². The maximum atomic E-state index is 12.0. The van der Waals surface area contributed by atoms with Gasteiger partial charge in [0, 0.05) is 12.0 Å². The van der Waals surface area contributed by atoms with Gasteiger partial charge in [0.1, 0.15) is 18.0 Å². The number of furan rings is 1. The van der Waals surface area contributed by atoms with Gasteiger partial charge in [-0.05, 0) is 62.5 Å². The molecule has 0 aliphatic heterocycles. The highest BCUT2D eigenvalue weighted by atomic mass is 16.5. The lowest BCUT2D eigenvalue weighted by molar-refractivity contribution is -0.155. The third kappa shape index (κ3) is 2.81. The first kappa shape index (κ1) is 17.3. The first-order valence-corrected chi connectivity index (χ1v) is 8.82. The van der Waals surface area contributed by atoms with E-state index in [2.05, 4.69) is 13.8 Å². The molecule has 132 valence electrons. The Morgan fingerprint density at radius 1 is 1.42 bits per heavy atom. The summed E-state index contributed by atoms with van der Waals surface area (Å²) in [6, 6.07) is 0. The molecule has 4 heteroatoms. The summed E-state index contributed by atoms with van der Waals surface area (Å²) in [5.74, 6) is 0.829. The van der Waals surface area contributed by atoms with Crippen LogP contribution >= 0.6 is 0 Å². The standard InChI is InChI=1S/C20H28O4/c1-11(2)6-17(21)24-14-7-13(4)20(5)9-15-12(3)10-23-19(15)18(22)16(20)8-14/h6,10,13-14,16,18,22H,7-9H2,1-5H3. The second kappa shape index (κ2) is 6.07. The SMILES string of the molecule is CC(C)=CC(=O)OC1CC(C)C2(C)Cc3c(C)coc3C(O)C2C1. The van der Waals surface area contributed by atoms with Gasteiger partial charge in [0.25, 0.3) is 0 Å². The van der Waals surface area contributed by atoms with Gasteiger partial charge >= 0.3 is 5.97 Å². The molecular weight excluding hydrogens is 304 g/mol. The summed E-state index contributed by atoms with van der Waals surface area (Å²) in [6.07, 6.45) is 4.95. The van der Waals surface area contributed by atoms with Gasteiger partial charge in [0.05, 0.1) is 6.26 Å². The summed E-state index contributed by atoms with van der Waals surface area (Å²) in [6.45, 7) is 10.3. The number of aliphatic hydroxyl groups excluding tert-OH is 1. The van der Waals surface area contributed by atoms with E-state index < -0.39 is 6.10 Å². The van der Waals surface area contributed by atoms with Gasteiger partial charge in [-0.1, -0.05) is 19.4 Å². The van der Waals surface area contributed by atoms with Gasteiger partial charge in [0.2, 0.25) is 0 Å². The van der Waals surface area contributed by atoms with Crippen molar-refractivity contribution >= 4 is 5.97 Å². The Morgan fingerprint density at radius 3 is 2.79 bits per heavy atom. The lowest BCUT2D eigenvalue weighted by atomic mass is 9.54. The summed E-state index contributed by atoms with van der Waals surface area (Å²) >= 11 is 0. The van der Waals surface area contributed by atoms with Gasteiger partial charge in [-0.25, -0.2) is 4.79 Å². The topological polar surface area (TPSA) is 59.7 Å². The monoisotopic (exact) mass is 332 g/mol. The van der Waals surface area contributed by atoms with Crippen LogP contribution in [0, 0.1) is 24.2 Å². The number of aliphatic hydroxyl groups is 1. The summed E-state index contributed by atoms with van der Waals surface area (Å²) in [4.78, 5) is 12.0. The molecule has 1 fully saturated rings. The average Bonchev–Trinajstić information content (AvgIpc) is 2.82. The lowest BCUT2D eigenvalue weighted by Crippen LogP contribution is -2.49. The number of fused-ring (bicyclic) bond motifs is 2. The highest BCUT2D eigenvalue weighted by Gasteiger charge is 2.53. The van der Waals surface area contributed by atoms with E-state index in [9.17, 15) is 9.90 Å². The van der Waals surface area contributed by atoms with Crippen molar-refractivity contribution in [1.29, 1.82) is 0 Å². The molecule has 1 saturated carbocycles. The Morgan fingerprint density at radius 2 is 2.12 bits per heavy atom. The zero-order valence-electron chi connectivity index (χ0n) is 15.3. The van der Waals surface area contributed by atoms with Crippen molar-refractivity contribution in [3.63, 3.8) is 0 Å². The van der Waals surface area contributed by atoms with Crippen LogP contribution in [-0.2, 0) is 16.0 Å². The second-order valence-corrected chi connectivity index (χ2v) is 8.15. The highest BCUT2D eigenvalue weighted by molar-refractivity contribution is 5.82. The number of aryl methyl sites for hydroxylation is 1. The summed E-state index contributed by atoms with van der Waals surface area (Å²) in [5, 5.41) is 10.9. The average molecular weight is 332 g/mol. The van der Waals surface area contributed by atoms with Crippen LogP contribution in [0.3, 0.4) is 0 Å². The molecule has 1 aromatic heterocycles. The number of hydrogen-bond acceptors (Lipinski definition) is 4. The normalized spacial score (nSPS) is 34.9. The first-order chi connectivity index (χ1) is 11.2. The highest BCUT2D eigenvalue weighted by Crippen LogP contribution is 2.56. The number of carbonyl (C=O) groups excluding carboxylic acids is 1. The summed E-state index contributed by atoms with van der Waals surface area (Å²) in [7, 11) is 0. The number of esters is 1. The Bertz CT molecular complexity index is 667. The van der Waals surface area contributed by atoms with Crippen molar-refractivity contribution < 1.29 is 19.1 Å². The second-order valence-electron chi connectivity index (χ2n) is 8.15. The maximum absolute atomic E-state index is 12.0. The van der Waals surface area contributed by atoms with E-state index in [-0.39, 0.29) is 23.4 Å². The van der Waals surface area contributed by atoms with E-state index in [4.69, 9.17) is 9.15 Å². The summed E-state index contributed by atoms with van der Waals surface area (Å²) < 4.78 is 11.3. The number of carbonyl (C=O) groups is 1. The molecule has 1 heterocycles. The van der Waals surface area contributed by atoms with Crippen molar-refractivity contribution in [3.8, 4) is 0 Å². The zero-order valence-corrected chi connectivity index (χ0v) is 15.3. The molecule has 0 radical (unpaired) electrons. The molecule has 0 spiro atoms. The number of rotatable bonds is 2. The van der Waals surface area contributed by atoms with Crippen molar-refractivity contribution in [3.05, 3.63) is 34.8 Å². The third-order valence-corrected chi connectivity index (χ3v) is 6.14. The smallest absolute Gasteiger partial charge is 0.330 e. The van der Waals surface area contributed by atoms with Gasteiger partial charge in [0.15, 0.2) is 0 Å². The number of allylic oxidation sites excluding steroid dienone is 1. The van der Waals surface area contributed by atoms with Crippen molar-refractivity contribution in [2.45, 2.75) is 66.1 Å². The van der Waals surface area contributed by atoms with E-state index >= 15 is 0 Å². The van der Waals surface area contributed by atoms with Gasteiger partial charge in [-0.15, -0.1) is 0 Å². The van der Waals surface area contributed by atoms with E-state index in [1.165, 1.54) is 6.08 Å². The van der Waals surface area contributed by atoms with Crippen LogP contribution in [0.1, 0.15) is 63.5 Å². The van der Waals surface area contributed by atoms with Crippen LogP contribution in [0.15, 0.2) is 22.3 Å². The molecule has 5 unspecified atom stereocenters. The first-order valence-electron chi connectivity index (χ1n) is 8.82.